The highest BCUT2D eigenvalue weighted by Gasteiger charge is 2.65. The topological polar surface area (TPSA) is 113 Å². The molecule has 1 amide bonds. The SMILES string of the molecule is COC(=O)[C@@H](NC(=O)CC[C@@H](C)[C@H]1CC[C@H]2[C@@H]3[C@H](O)C[C@@H]4CC(=O)CC[C@]4(C)[C@H]3C[C@H](O)[C@]12C)C(C)C. The van der Waals surface area contributed by atoms with Gasteiger partial charge in [-0.05, 0) is 90.8 Å². The van der Waals surface area contributed by atoms with E-state index in [1.165, 1.54) is 7.11 Å². The molecule has 210 valence electrons. The van der Waals surface area contributed by atoms with Crippen molar-refractivity contribution >= 4 is 17.7 Å². The molecule has 7 heteroatoms. The van der Waals surface area contributed by atoms with Gasteiger partial charge in [-0.3, -0.25) is 9.59 Å². The van der Waals surface area contributed by atoms with Gasteiger partial charge in [0.25, 0.3) is 0 Å². The van der Waals surface area contributed by atoms with Crippen molar-refractivity contribution in [2.75, 3.05) is 7.11 Å². The van der Waals surface area contributed by atoms with E-state index in [1.807, 2.05) is 13.8 Å². The summed E-state index contributed by atoms with van der Waals surface area (Å²) in [5.41, 5.74) is -0.285. The molecule has 4 aliphatic rings. The van der Waals surface area contributed by atoms with Crippen molar-refractivity contribution in [1.29, 1.82) is 0 Å². The normalized spacial score (nSPS) is 42.8. The summed E-state index contributed by atoms with van der Waals surface area (Å²) in [4.78, 5) is 37.0. The van der Waals surface area contributed by atoms with Crippen LogP contribution in [0.1, 0.15) is 92.4 Å². The number of methoxy groups -OCH3 is 1. The third-order valence-electron chi connectivity index (χ3n) is 11.6. The minimum Gasteiger partial charge on any atom is -0.467 e. The Kier molecular flexibility index (Phi) is 8.17. The molecular weight excluding hydrogens is 470 g/mol. The Labute approximate surface area is 222 Å². The van der Waals surface area contributed by atoms with Gasteiger partial charge < -0.3 is 20.3 Å². The van der Waals surface area contributed by atoms with Crippen LogP contribution in [0.15, 0.2) is 0 Å². The fourth-order valence-corrected chi connectivity index (χ4v) is 9.37. The van der Waals surface area contributed by atoms with Crippen molar-refractivity contribution < 1.29 is 29.3 Å². The number of aliphatic hydroxyl groups is 2. The predicted molar refractivity (Wildman–Crippen MR) is 140 cm³/mol. The third kappa shape index (κ3) is 4.88. The van der Waals surface area contributed by atoms with Crippen LogP contribution in [-0.4, -0.2) is 53.2 Å². The summed E-state index contributed by atoms with van der Waals surface area (Å²) in [6, 6.07) is -0.647. The summed E-state index contributed by atoms with van der Waals surface area (Å²) in [6.07, 6.45) is 5.59. The van der Waals surface area contributed by atoms with Gasteiger partial charge in [-0.25, -0.2) is 4.79 Å². The van der Waals surface area contributed by atoms with Crippen molar-refractivity contribution in [3.63, 3.8) is 0 Å². The van der Waals surface area contributed by atoms with Crippen LogP contribution in [0.3, 0.4) is 0 Å². The lowest BCUT2D eigenvalue weighted by Gasteiger charge is -2.63. The fraction of sp³-hybridized carbons (Fsp3) is 0.900. The van der Waals surface area contributed by atoms with Gasteiger partial charge in [0.1, 0.15) is 11.8 Å². The number of nitrogens with one attached hydrogen (secondary N) is 1. The lowest BCUT2D eigenvalue weighted by molar-refractivity contribution is -0.201. The number of amides is 1. The van der Waals surface area contributed by atoms with E-state index in [0.717, 1.165) is 19.3 Å². The fourth-order valence-electron chi connectivity index (χ4n) is 9.37. The maximum absolute atomic E-state index is 12.7. The van der Waals surface area contributed by atoms with Gasteiger partial charge in [-0.1, -0.05) is 34.6 Å². The van der Waals surface area contributed by atoms with E-state index >= 15 is 0 Å². The van der Waals surface area contributed by atoms with E-state index in [1.54, 1.807) is 0 Å². The zero-order chi connectivity index (χ0) is 27.3. The Morgan fingerprint density at radius 3 is 2.46 bits per heavy atom. The molecule has 0 radical (unpaired) electrons. The zero-order valence-electron chi connectivity index (χ0n) is 23.7. The molecule has 0 heterocycles. The molecule has 0 aromatic heterocycles. The molecule has 0 aromatic carbocycles. The molecule has 0 aliphatic heterocycles. The van der Waals surface area contributed by atoms with Crippen LogP contribution in [0.2, 0.25) is 0 Å². The molecular formula is C30H49NO6. The van der Waals surface area contributed by atoms with Gasteiger partial charge in [0.05, 0.1) is 19.3 Å². The minimum atomic E-state index is -0.647. The molecule has 0 spiro atoms. The summed E-state index contributed by atoms with van der Waals surface area (Å²) in [7, 11) is 1.33. The van der Waals surface area contributed by atoms with E-state index in [-0.39, 0.29) is 58.2 Å². The van der Waals surface area contributed by atoms with E-state index in [2.05, 4.69) is 26.1 Å². The average molecular weight is 520 g/mol. The predicted octanol–water partition coefficient (Wildman–Crippen LogP) is 3.89. The second-order valence-electron chi connectivity index (χ2n) is 13.7. The highest BCUT2D eigenvalue weighted by atomic mass is 16.5. The highest BCUT2D eigenvalue weighted by molar-refractivity contribution is 5.84. The first-order valence-electron chi connectivity index (χ1n) is 14.6. The average Bonchev–Trinajstić information content (AvgIpc) is 3.20. The number of carbonyl (C=O) groups excluding carboxylic acids is 3. The van der Waals surface area contributed by atoms with E-state index in [9.17, 15) is 24.6 Å². The Bertz CT molecular complexity index is 889. The number of hydrogen-bond donors (Lipinski definition) is 3. The van der Waals surface area contributed by atoms with Gasteiger partial charge in [0, 0.05) is 19.3 Å². The van der Waals surface area contributed by atoms with Gasteiger partial charge in [0.15, 0.2) is 0 Å². The molecule has 4 aliphatic carbocycles. The largest absolute Gasteiger partial charge is 0.467 e. The monoisotopic (exact) mass is 519 g/mol. The van der Waals surface area contributed by atoms with Crippen molar-refractivity contribution in [2.24, 2.45) is 52.3 Å². The number of carbonyl (C=O) groups is 3. The molecule has 0 aromatic rings. The number of Topliss-reactive ketones (excluding diaryl/α,β-unsaturated/α-hetero) is 1. The molecule has 7 nitrogen and oxygen atoms in total. The van der Waals surface area contributed by atoms with Crippen molar-refractivity contribution in [3.8, 4) is 0 Å². The molecule has 4 saturated carbocycles. The van der Waals surface area contributed by atoms with Crippen LogP contribution in [0.4, 0.5) is 0 Å². The molecule has 3 N–H and O–H groups in total. The highest BCUT2D eigenvalue weighted by Crippen LogP contribution is 2.68. The summed E-state index contributed by atoms with van der Waals surface area (Å²) >= 11 is 0. The maximum Gasteiger partial charge on any atom is 0.328 e. The Morgan fingerprint density at radius 2 is 1.81 bits per heavy atom. The van der Waals surface area contributed by atoms with Crippen LogP contribution >= 0.6 is 0 Å². The van der Waals surface area contributed by atoms with Crippen molar-refractivity contribution in [1.82, 2.24) is 5.32 Å². The lowest BCUT2D eigenvalue weighted by atomic mass is 9.43. The Morgan fingerprint density at radius 1 is 1.11 bits per heavy atom. The number of hydrogen-bond acceptors (Lipinski definition) is 6. The number of esters is 1. The van der Waals surface area contributed by atoms with Gasteiger partial charge in [-0.15, -0.1) is 0 Å². The van der Waals surface area contributed by atoms with Crippen LogP contribution < -0.4 is 5.32 Å². The first-order valence-corrected chi connectivity index (χ1v) is 14.6. The number of ether oxygens (including phenoxy) is 1. The molecule has 0 saturated heterocycles. The Hall–Kier alpha value is -1.47. The number of ketones is 1. The van der Waals surface area contributed by atoms with Crippen LogP contribution in [0.25, 0.3) is 0 Å². The van der Waals surface area contributed by atoms with Gasteiger partial charge >= 0.3 is 5.97 Å². The third-order valence-corrected chi connectivity index (χ3v) is 11.6. The Balaban J connectivity index is 1.45. The van der Waals surface area contributed by atoms with Crippen LogP contribution in [0.5, 0.6) is 0 Å². The number of fused-ring (bicyclic) bond motifs is 5. The van der Waals surface area contributed by atoms with E-state index in [4.69, 9.17) is 4.74 Å². The number of rotatable bonds is 7. The number of aliphatic hydroxyl groups excluding tert-OH is 2. The summed E-state index contributed by atoms with van der Waals surface area (Å²) < 4.78 is 4.84. The molecule has 37 heavy (non-hydrogen) atoms. The standard InChI is InChI=1S/C30H49NO6/c1-16(2)27(28(36)37-6)31-25(35)10-7-17(3)20-8-9-21-26-22(15-24(34)30(20,21)5)29(4)12-11-19(32)13-18(29)14-23(26)33/h16-18,20-24,26-27,33-34H,7-15H2,1-6H3,(H,31,35)/t17-,18+,20-,21+,22+,23-,24+,26+,27+,29+,30-/m1/s1. The molecule has 4 rings (SSSR count). The summed E-state index contributed by atoms with van der Waals surface area (Å²) in [6.45, 7) is 10.5. The van der Waals surface area contributed by atoms with Crippen molar-refractivity contribution in [3.05, 3.63) is 0 Å². The minimum absolute atomic E-state index is 0.00843. The zero-order valence-corrected chi connectivity index (χ0v) is 23.7. The van der Waals surface area contributed by atoms with Gasteiger partial charge in [0.2, 0.25) is 5.91 Å². The first-order chi connectivity index (χ1) is 17.3. The van der Waals surface area contributed by atoms with E-state index < -0.39 is 24.2 Å². The summed E-state index contributed by atoms with van der Waals surface area (Å²) in [5.74, 6) is 1.07. The second-order valence-corrected chi connectivity index (χ2v) is 13.7. The molecule has 0 bridgehead atoms. The first kappa shape index (κ1) is 28.5. The van der Waals surface area contributed by atoms with Gasteiger partial charge in [-0.2, -0.15) is 0 Å². The molecule has 0 unspecified atom stereocenters. The van der Waals surface area contributed by atoms with Crippen LogP contribution in [-0.2, 0) is 19.1 Å². The smallest absolute Gasteiger partial charge is 0.328 e. The summed E-state index contributed by atoms with van der Waals surface area (Å²) in [5, 5.41) is 26.0. The van der Waals surface area contributed by atoms with Crippen LogP contribution in [0, 0.1) is 52.3 Å². The maximum atomic E-state index is 12.7. The quantitative estimate of drug-likeness (QED) is 0.440. The van der Waals surface area contributed by atoms with Crippen molar-refractivity contribution in [2.45, 2.75) is 111 Å². The molecule has 11 atom stereocenters. The van der Waals surface area contributed by atoms with E-state index in [0.29, 0.717) is 44.3 Å². The lowest BCUT2D eigenvalue weighted by Crippen LogP contribution is -2.62. The molecule has 4 fully saturated rings. The second kappa shape index (κ2) is 10.6.